The van der Waals surface area contributed by atoms with E-state index in [2.05, 4.69) is 69.4 Å². The van der Waals surface area contributed by atoms with Crippen LogP contribution in [0.15, 0.2) is 70.8 Å². The maximum Gasteiger partial charge on any atom is 0.0603 e. The zero-order valence-corrected chi connectivity index (χ0v) is 21.7. The van der Waals surface area contributed by atoms with E-state index in [1.807, 2.05) is 18.2 Å². The monoisotopic (exact) mass is 480 g/mol. The summed E-state index contributed by atoms with van der Waals surface area (Å²) in [6, 6.07) is 12.2. The number of aliphatic imine (C=N–C) groups is 1. The summed E-state index contributed by atoms with van der Waals surface area (Å²) >= 11 is 13.4. The molecule has 3 rings (SSSR count). The smallest absolute Gasteiger partial charge is 0.0603 e. The SMILES string of the molecule is CCCCN=C1C=C/C(=C(\c2ccc(NCCCC)c(C)c2)c2c(Cl)cccc2Cl)C=C1C. The number of hydrogen-bond donors (Lipinski definition) is 1. The summed E-state index contributed by atoms with van der Waals surface area (Å²) in [6.07, 6.45) is 11.0. The maximum absolute atomic E-state index is 6.70. The number of allylic oxidation sites excluding steroid dienone is 5. The molecule has 0 saturated carbocycles. The third-order valence-electron chi connectivity index (χ3n) is 5.85. The maximum atomic E-state index is 6.70. The van der Waals surface area contributed by atoms with Crippen molar-refractivity contribution < 1.29 is 0 Å². The summed E-state index contributed by atoms with van der Waals surface area (Å²) < 4.78 is 0. The largest absolute Gasteiger partial charge is 0.385 e. The standard InChI is InChI=1S/C29H34Cl2N2/c1-5-7-16-32-26-14-12-22(18-20(26)3)28(29-24(30)10-9-11-25(29)31)23-13-15-27(21(4)19-23)33-17-8-6-2/h9-15,18-19,32H,5-8,16-17H2,1-4H3/b28-23-,33-27?. The number of rotatable bonds is 9. The molecule has 0 aliphatic heterocycles. The summed E-state index contributed by atoms with van der Waals surface area (Å²) in [6.45, 7) is 10.5. The normalized spacial score (nSPS) is 16.2. The van der Waals surface area contributed by atoms with Crippen molar-refractivity contribution in [3.05, 3.63) is 92.5 Å². The Morgan fingerprint density at radius 2 is 1.67 bits per heavy atom. The molecule has 2 nitrogen and oxygen atoms in total. The van der Waals surface area contributed by atoms with Gasteiger partial charge in [0.05, 0.1) is 5.71 Å². The molecule has 2 aromatic rings. The van der Waals surface area contributed by atoms with Crippen molar-refractivity contribution in [2.75, 3.05) is 18.4 Å². The van der Waals surface area contributed by atoms with Crippen LogP contribution in [0.25, 0.3) is 5.57 Å². The average Bonchev–Trinajstić information content (AvgIpc) is 2.79. The van der Waals surface area contributed by atoms with Gasteiger partial charge >= 0.3 is 0 Å². The van der Waals surface area contributed by atoms with Crippen molar-refractivity contribution >= 4 is 40.2 Å². The van der Waals surface area contributed by atoms with Crippen LogP contribution >= 0.6 is 23.2 Å². The van der Waals surface area contributed by atoms with E-state index in [1.165, 1.54) is 12.0 Å². The first-order valence-corrected chi connectivity index (χ1v) is 12.7. The van der Waals surface area contributed by atoms with Crippen LogP contribution in [0.1, 0.15) is 63.1 Å². The predicted molar refractivity (Wildman–Crippen MR) is 147 cm³/mol. The van der Waals surface area contributed by atoms with Gasteiger partial charge in [0, 0.05) is 34.4 Å². The highest BCUT2D eigenvalue weighted by Gasteiger charge is 2.19. The summed E-state index contributed by atoms with van der Waals surface area (Å²) in [5.74, 6) is 0. The number of hydrogen-bond acceptors (Lipinski definition) is 2. The third kappa shape index (κ3) is 6.40. The molecule has 0 saturated heterocycles. The number of anilines is 1. The first-order chi connectivity index (χ1) is 16.0. The lowest BCUT2D eigenvalue weighted by atomic mass is 9.88. The number of benzene rings is 2. The molecule has 1 aliphatic rings. The number of unbranched alkanes of at least 4 members (excludes halogenated alkanes) is 2. The molecule has 1 N–H and O–H groups in total. The Hall–Kier alpha value is -2.29. The van der Waals surface area contributed by atoms with Gasteiger partial charge in [0.15, 0.2) is 0 Å². The average molecular weight is 482 g/mol. The Morgan fingerprint density at radius 3 is 2.30 bits per heavy atom. The van der Waals surface area contributed by atoms with Crippen LogP contribution in [-0.4, -0.2) is 18.8 Å². The van der Waals surface area contributed by atoms with Crippen LogP contribution in [0.3, 0.4) is 0 Å². The van der Waals surface area contributed by atoms with Gasteiger partial charge in [-0.15, -0.1) is 0 Å². The van der Waals surface area contributed by atoms with Crippen molar-refractivity contribution in [2.24, 2.45) is 4.99 Å². The van der Waals surface area contributed by atoms with Crippen LogP contribution < -0.4 is 5.32 Å². The topological polar surface area (TPSA) is 24.4 Å². The second-order valence-corrected chi connectivity index (χ2v) is 9.33. The molecular weight excluding hydrogens is 447 g/mol. The van der Waals surface area contributed by atoms with E-state index >= 15 is 0 Å². The molecule has 0 fully saturated rings. The van der Waals surface area contributed by atoms with Crippen molar-refractivity contribution in [3.63, 3.8) is 0 Å². The highest BCUT2D eigenvalue weighted by atomic mass is 35.5. The van der Waals surface area contributed by atoms with E-state index in [9.17, 15) is 0 Å². The van der Waals surface area contributed by atoms with Crippen molar-refractivity contribution in [2.45, 2.75) is 53.4 Å². The predicted octanol–water partition coefficient (Wildman–Crippen LogP) is 9.07. The van der Waals surface area contributed by atoms with Crippen molar-refractivity contribution in [3.8, 4) is 0 Å². The second kappa shape index (κ2) is 12.3. The van der Waals surface area contributed by atoms with Gasteiger partial charge in [-0.2, -0.15) is 0 Å². The van der Waals surface area contributed by atoms with Crippen LogP contribution in [0.2, 0.25) is 10.0 Å². The van der Waals surface area contributed by atoms with E-state index in [-0.39, 0.29) is 0 Å². The molecule has 0 radical (unpaired) electrons. The fourth-order valence-corrected chi connectivity index (χ4v) is 4.54. The summed E-state index contributed by atoms with van der Waals surface area (Å²) in [4.78, 5) is 4.77. The van der Waals surface area contributed by atoms with E-state index < -0.39 is 0 Å². The fourth-order valence-electron chi connectivity index (χ4n) is 3.96. The van der Waals surface area contributed by atoms with E-state index in [1.54, 1.807) is 0 Å². The van der Waals surface area contributed by atoms with Gasteiger partial charge < -0.3 is 5.32 Å². The van der Waals surface area contributed by atoms with Gasteiger partial charge in [0.2, 0.25) is 0 Å². The molecule has 1 aliphatic carbocycles. The highest BCUT2D eigenvalue weighted by molar-refractivity contribution is 6.38. The molecule has 0 atom stereocenters. The second-order valence-electron chi connectivity index (χ2n) is 8.52. The molecule has 4 heteroatoms. The molecule has 0 unspecified atom stereocenters. The van der Waals surface area contributed by atoms with Gasteiger partial charge in [0.25, 0.3) is 0 Å². The fraction of sp³-hybridized carbons (Fsp3) is 0.345. The lowest BCUT2D eigenvalue weighted by Gasteiger charge is -2.19. The van der Waals surface area contributed by atoms with Gasteiger partial charge in [-0.3, -0.25) is 4.99 Å². The van der Waals surface area contributed by atoms with E-state index in [0.717, 1.165) is 71.6 Å². The first-order valence-electron chi connectivity index (χ1n) is 11.9. The molecular formula is C29H34Cl2N2. The van der Waals surface area contributed by atoms with Gasteiger partial charge in [-0.05, 0) is 91.0 Å². The number of halogens is 2. The molecule has 33 heavy (non-hydrogen) atoms. The Balaban J connectivity index is 2.11. The summed E-state index contributed by atoms with van der Waals surface area (Å²) in [5.41, 5.74) is 8.65. The Kier molecular flexibility index (Phi) is 9.41. The van der Waals surface area contributed by atoms with Crippen LogP contribution in [0.5, 0.6) is 0 Å². The van der Waals surface area contributed by atoms with Gasteiger partial charge in [-0.1, -0.05) is 68.1 Å². The van der Waals surface area contributed by atoms with Gasteiger partial charge in [0.1, 0.15) is 0 Å². The summed E-state index contributed by atoms with van der Waals surface area (Å²) in [7, 11) is 0. The zero-order chi connectivity index (χ0) is 23.8. The third-order valence-corrected chi connectivity index (χ3v) is 6.48. The molecule has 0 bridgehead atoms. The molecule has 174 valence electrons. The Morgan fingerprint density at radius 1 is 0.939 bits per heavy atom. The van der Waals surface area contributed by atoms with E-state index in [4.69, 9.17) is 28.2 Å². The molecule has 0 spiro atoms. The van der Waals surface area contributed by atoms with Crippen LogP contribution in [-0.2, 0) is 0 Å². The zero-order valence-electron chi connectivity index (χ0n) is 20.1. The lowest BCUT2D eigenvalue weighted by molar-refractivity contribution is 0.808. The molecule has 0 aromatic heterocycles. The van der Waals surface area contributed by atoms with E-state index in [0.29, 0.717) is 10.0 Å². The minimum Gasteiger partial charge on any atom is -0.385 e. The highest BCUT2D eigenvalue weighted by Crippen LogP contribution is 2.39. The number of aryl methyl sites for hydroxylation is 1. The minimum atomic E-state index is 0.648. The van der Waals surface area contributed by atoms with Gasteiger partial charge in [-0.25, -0.2) is 0 Å². The minimum absolute atomic E-state index is 0.648. The molecule has 0 heterocycles. The first kappa shape index (κ1) is 25.3. The van der Waals surface area contributed by atoms with Crippen LogP contribution in [0.4, 0.5) is 5.69 Å². The quantitative estimate of drug-likeness (QED) is 0.355. The van der Waals surface area contributed by atoms with Crippen LogP contribution in [0, 0.1) is 6.92 Å². The summed E-state index contributed by atoms with van der Waals surface area (Å²) in [5, 5.41) is 4.85. The number of nitrogens with one attached hydrogen (secondary N) is 1. The lowest BCUT2D eigenvalue weighted by Crippen LogP contribution is -2.05. The molecule has 0 amide bonds. The number of nitrogens with zero attached hydrogens (tertiary/aromatic N) is 1. The molecule has 2 aromatic carbocycles. The van der Waals surface area contributed by atoms with Crippen molar-refractivity contribution in [1.29, 1.82) is 0 Å². The Bertz CT molecular complexity index is 1090. The Labute approximate surface area is 209 Å². The van der Waals surface area contributed by atoms with Crippen molar-refractivity contribution in [1.82, 2.24) is 0 Å².